The van der Waals surface area contributed by atoms with E-state index >= 15 is 0 Å². The number of carbonyl (C=O) groups excluding carboxylic acids is 1. The van der Waals surface area contributed by atoms with Crippen molar-refractivity contribution in [3.05, 3.63) is 40.9 Å². The molecule has 1 aliphatic heterocycles. The predicted octanol–water partition coefficient (Wildman–Crippen LogP) is 2.09. The molecule has 2 aromatic rings. The largest absolute Gasteiger partial charge is 0.380 e. The first-order valence-corrected chi connectivity index (χ1v) is 12.9. The minimum Gasteiger partial charge on any atom is -0.380 e. The van der Waals surface area contributed by atoms with E-state index in [-0.39, 0.29) is 11.9 Å². The molecule has 162 valence electrons. The lowest BCUT2D eigenvalue weighted by Crippen LogP contribution is -2.57. The third kappa shape index (κ3) is 4.30. The number of rotatable bonds is 6. The number of thiazole rings is 1. The summed E-state index contributed by atoms with van der Waals surface area (Å²) >= 11 is 1.59. The zero-order chi connectivity index (χ0) is 21.5. The Balaban J connectivity index is 1.62. The summed E-state index contributed by atoms with van der Waals surface area (Å²) in [5.41, 5.74) is 0.597. The summed E-state index contributed by atoms with van der Waals surface area (Å²) < 4.78 is 26.5. The summed E-state index contributed by atoms with van der Waals surface area (Å²) in [5, 5.41) is 11.5. The molecule has 1 saturated carbocycles. The Bertz CT molecular complexity index is 1030. The van der Waals surface area contributed by atoms with Gasteiger partial charge in [0.2, 0.25) is 10.0 Å². The standard InChI is InChI=1S/C21H27N3O4S2/c1-14-17(22-19(29-14)15-7-4-3-5-8-15)13-18-16(23-30(2,27)28)9-12-24(18)20(25)21(26)10-6-11-21/h3-5,7-8,16,18,23,26H,6,9-13H2,1-2H3/t16-,18-/m0/s1. The van der Waals surface area contributed by atoms with Crippen LogP contribution >= 0.6 is 11.3 Å². The highest BCUT2D eigenvalue weighted by molar-refractivity contribution is 7.88. The van der Waals surface area contributed by atoms with E-state index in [2.05, 4.69) is 4.72 Å². The summed E-state index contributed by atoms with van der Waals surface area (Å²) in [6, 6.07) is 9.14. The molecule has 1 aromatic heterocycles. The fourth-order valence-corrected chi connectivity index (χ4v) is 6.05. The predicted molar refractivity (Wildman–Crippen MR) is 117 cm³/mol. The van der Waals surface area contributed by atoms with Crippen LogP contribution in [0.4, 0.5) is 0 Å². The van der Waals surface area contributed by atoms with Crippen LogP contribution in [0.15, 0.2) is 30.3 Å². The number of sulfonamides is 1. The Morgan fingerprint density at radius 2 is 2.03 bits per heavy atom. The number of carbonyl (C=O) groups is 1. The van der Waals surface area contributed by atoms with Crippen LogP contribution in [-0.2, 0) is 21.2 Å². The van der Waals surface area contributed by atoms with Crippen LogP contribution in [-0.4, -0.2) is 59.8 Å². The Morgan fingerprint density at radius 3 is 2.63 bits per heavy atom. The Kier molecular flexibility index (Phi) is 5.73. The first kappa shape index (κ1) is 21.4. The third-order valence-electron chi connectivity index (χ3n) is 6.07. The van der Waals surface area contributed by atoms with Gasteiger partial charge in [0.25, 0.3) is 5.91 Å². The molecule has 1 aromatic carbocycles. The highest BCUT2D eigenvalue weighted by atomic mass is 32.2. The number of nitrogens with one attached hydrogen (secondary N) is 1. The zero-order valence-corrected chi connectivity index (χ0v) is 18.8. The summed E-state index contributed by atoms with van der Waals surface area (Å²) in [4.78, 5) is 20.6. The van der Waals surface area contributed by atoms with Gasteiger partial charge in [-0.15, -0.1) is 11.3 Å². The number of benzene rings is 1. The smallest absolute Gasteiger partial charge is 0.254 e. The quantitative estimate of drug-likeness (QED) is 0.704. The van der Waals surface area contributed by atoms with Crippen LogP contribution in [0.2, 0.25) is 0 Å². The van der Waals surface area contributed by atoms with Crippen molar-refractivity contribution in [2.24, 2.45) is 0 Å². The van der Waals surface area contributed by atoms with Crippen molar-refractivity contribution in [1.29, 1.82) is 0 Å². The van der Waals surface area contributed by atoms with Crippen LogP contribution < -0.4 is 4.72 Å². The number of aliphatic hydroxyl groups is 1. The first-order chi connectivity index (χ1) is 14.2. The molecule has 7 nitrogen and oxygen atoms in total. The summed E-state index contributed by atoms with van der Waals surface area (Å²) in [6.07, 6.45) is 3.87. The fraction of sp³-hybridized carbons (Fsp3) is 0.524. The SMILES string of the molecule is Cc1sc(-c2ccccc2)nc1C[C@H]1[C@@H](NS(C)(=O)=O)CCN1C(=O)C1(O)CCC1. The molecule has 0 radical (unpaired) electrons. The second kappa shape index (κ2) is 8.03. The minimum absolute atomic E-state index is 0.285. The monoisotopic (exact) mass is 449 g/mol. The molecule has 0 spiro atoms. The second-order valence-electron chi connectivity index (χ2n) is 8.33. The van der Waals surface area contributed by atoms with Gasteiger partial charge in [0, 0.05) is 29.4 Å². The van der Waals surface area contributed by atoms with Gasteiger partial charge in [0.05, 0.1) is 18.0 Å². The second-order valence-corrected chi connectivity index (χ2v) is 11.3. The molecular weight excluding hydrogens is 422 g/mol. The van der Waals surface area contributed by atoms with Crippen molar-refractivity contribution >= 4 is 27.3 Å². The molecular formula is C21H27N3O4S2. The maximum Gasteiger partial charge on any atom is 0.254 e. The molecule has 0 bridgehead atoms. The molecule has 1 saturated heterocycles. The van der Waals surface area contributed by atoms with E-state index in [4.69, 9.17) is 4.98 Å². The zero-order valence-electron chi connectivity index (χ0n) is 17.2. The summed E-state index contributed by atoms with van der Waals surface area (Å²) in [5.74, 6) is -0.285. The van der Waals surface area contributed by atoms with Gasteiger partial charge in [-0.2, -0.15) is 0 Å². The van der Waals surface area contributed by atoms with Gasteiger partial charge in [0.15, 0.2) is 0 Å². The molecule has 2 atom stereocenters. The number of aryl methyl sites for hydroxylation is 1. The lowest BCUT2D eigenvalue weighted by atomic mass is 9.79. The molecule has 2 heterocycles. The van der Waals surface area contributed by atoms with E-state index < -0.39 is 21.7 Å². The molecule has 9 heteroatoms. The van der Waals surface area contributed by atoms with E-state index in [0.29, 0.717) is 32.2 Å². The molecule has 1 aliphatic carbocycles. The average molecular weight is 450 g/mol. The van der Waals surface area contributed by atoms with Gasteiger partial charge >= 0.3 is 0 Å². The maximum atomic E-state index is 13.1. The first-order valence-electron chi connectivity index (χ1n) is 10.2. The van der Waals surface area contributed by atoms with Gasteiger partial charge in [0.1, 0.15) is 10.6 Å². The summed E-state index contributed by atoms with van der Waals surface area (Å²) in [7, 11) is -3.43. The van der Waals surface area contributed by atoms with E-state index in [9.17, 15) is 18.3 Å². The van der Waals surface area contributed by atoms with E-state index in [1.807, 2.05) is 37.3 Å². The number of hydrogen-bond donors (Lipinski definition) is 2. The number of nitrogens with zero attached hydrogens (tertiary/aromatic N) is 2. The molecule has 0 unspecified atom stereocenters. The van der Waals surface area contributed by atoms with Crippen LogP contribution in [0.5, 0.6) is 0 Å². The molecule has 4 rings (SSSR count). The van der Waals surface area contributed by atoms with Crippen molar-refractivity contribution in [2.45, 2.75) is 56.7 Å². The lowest BCUT2D eigenvalue weighted by Gasteiger charge is -2.40. The molecule has 2 N–H and O–H groups in total. The maximum absolute atomic E-state index is 13.1. The van der Waals surface area contributed by atoms with E-state index in [0.717, 1.165) is 33.8 Å². The van der Waals surface area contributed by atoms with E-state index in [1.165, 1.54) is 0 Å². The number of likely N-dealkylation sites (tertiary alicyclic amines) is 1. The van der Waals surface area contributed by atoms with Crippen LogP contribution in [0, 0.1) is 6.92 Å². The van der Waals surface area contributed by atoms with Crippen LogP contribution in [0.1, 0.15) is 36.3 Å². The van der Waals surface area contributed by atoms with Crippen molar-refractivity contribution in [1.82, 2.24) is 14.6 Å². The van der Waals surface area contributed by atoms with Crippen molar-refractivity contribution in [2.75, 3.05) is 12.8 Å². The lowest BCUT2D eigenvalue weighted by molar-refractivity contribution is -0.161. The van der Waals surface area contributed by atoms with Gasteiger partial charge in [-0.25, -0.2) is 18.1 Å². The topological polar surface area (TPSA) is 99.6 Å². The van der Waals surface area contributed by atoms with Gasteiger partial charge in [-0.05, 0) is 32.6 Å². The number of hydrogen-bond acceptors (Lipinski definition) is 6. The number of amides is 1. The summed E-state index contributed by atoms with van der Waals surface area (Å²) in [6.45, 7) is 2.42. The normalized spacial score (nSPS) is 23.4. The molecule has 2 fully saturated rings. The van der Waals surface area contributed by atoms with E-state index in [1.54, 1.807) is 16.2 Å². The molecule has 30 heavy (non-hydrogen) atoms. The fourth-order valence-electron chi connectivity index (χ4n) is 4.28. The molecule has 2 aliphatic rings. The minimum atomic E-state index is -3.43. The van der Waals surface area contributed by atoms with Crippen molar-refractivity contribution < 1.29 is 18.3 Å². The third-order valence-corrected chi connectivity index (χ3v) is 7.86. The average Bonchev–Trinajstić information content (AvgIpc) is 3.23. The van der Waals surface area contributed by atoms with Crippen LogP contribution in [0.25, 0.3) is 10.6 Å². The Labute approximate surface area is 181 Å². The van der Waals surface area contributed by atoms with Gasteiger partial charge in [-0.1, -0.05) is 30.3 Å². The van der Waals surface area contributed by atoms with Crippen molar-refractivity contribution in [3.63, 3.8) is 0 Å². The Morgan fingerprint density at radius 1 is 1.33 bits per heavy atom. The highest BCUT2D eigenvalue weighted by Crippen LogP contribution is 2.37. The van der Waals surface area contributed by atoms with Crippen molar-refractivity contribution in [3.8, 4) is 10.6 Å². The Hall–Kier alpha value is -1.81. The van der Waals surface area contributed by atoms with Gasteiger partial charge < -0.3 is 10.0 Å². The van der Waals surface area contributed by atoms with Crippen LogP contribution in [0.3, 0.4) is 0 Å². The highest BCUT2D eigenvalue weighted by Gasteiger charge is 2.49. The van der Waals surface area contributed by atoms with Gasteiger partial charge in [-0.3, -0.25) is 4.79 Å². The number of aromatic nitrogens is 1. The molecule has 1 amide bonds.